The highest BCUT2D eigenvalue weighted by atomic mass is 35.5. The number of aromatic amines is 1. The number of nitrogens with zero attached hydrogens (tertiary/aromatic N) is 8. The van der Waals surface area contributed by atoms with Crippen LogP contribution in [0.15, 0.2) is 63.9 Å². The van der Waals surface area contributed by atoms with Gasteiger partial charge in [0.05, 0.1) is 15.6 Å². The second-order valence-corrected chi connectivity index (χ2v) is 9.15. The predicted octanol–water partition coefficient (Wildman–Crippen LogP) is 6.33. The SMILES string of the molecule is CCSc1nsc(N=Nc2c(-c3ccccc3Cl)[nH]n3nc(-c4cccc([N+](=O)[O-])c4)nc23)n1. The Morgan fingerprint density at radius 2 is 2.06 bits per heavy atom. The van der Waals surface area contributed by atoms with Gasteiger partial charge in [0.2, 0.25) is 15.9 Å². The van der Waals surface area contributed by atoms with Gasteiger partial charge in [-0.25, -0.2) is 4.98 Å². The third-order valence-electron chi connectivity index (χ3n) is 4.64. The molecule has 2 aromatic carbocycles. The first-order chi connectivity index (χ1) is 16.5. The van der Waals surface area contributed by atoms with Crippen molar-refractivity contribution in [3.05, 3.63) is 63.7 Å². The number of benzene rings is 2. The van der Waals surface area contributed by atoms with Gasteiger partial charge in [-0.3, -0.25) is 15.2 Å². The molecule has 0 amide bonds. The van der Waals surface area contributed by atoms with Crippen molar-refractivity contribution in [1.82, 2.24) is 29.2 Å². The highest BCUT2D eigenvalue weighted by molar-refractivity contribution is 7.99. The molecule has 0 bridgehead atoms. The van der Waals surface area contributed by atoms with Crippen LogP contribution in [0.3, 0.4) is 0 Å². The van der Waals surface area contributed by atoms with E-state index < -0.39 is 4.92 Å². The maximum absolute atomic E-state index is 11.2. The molecule has 3 heterocycles. The lowest BCUT2D eigenvalue weighted by Crippen LogP contribution is -1.91. The summed E-state index contributed by atoms with van der Waals surface area (Å²) in [6.07, 6.45) is 0. The molecule has 0 aliphatic rings. The first-order valence-corrected chi connectivity index (χ1v) is 12.0. The van der Waals surface area contributed by atoms with Crippen LogP contribution in [0.25, 0.3) is 28.3 Å². The van der Waals surface area contributed by atoms with Crippen molar-refractivity contribution in [2.45, 2.75) is 12.1 Å². The number of fused-ring (bicyclic) bond motifs is 1. The lowest BCUT2D eigenvalue weighted by molar-refractivity contribution is -0.384. The van der Waals surface area contributed by atoms with Crippen LogP contribution in [0.1, 0.15) is 6.92 Å². The van der Waals surface area contributed by atoms with Gasteiger partial charge in [0.25, 0.3) is 5.69 Å². The summed E-state index contributed by atoms with van der Waals surface area (Å²) in [6.45, 7) is 2.02. The smallest absolute Gasteiger partial charge is 0.270 e. The Morgan fingerprint density at radius 3 is 2.85 bits per heavy atom. The van der Waals surface area contributed by atoms with Crippen LogP contribution < -0.4 is 0 Å². The van der Waals surface area contributed by atoms with E-state index in [2.05, 4.69) is 34.8 Å². The van der Waals surface area contributed by atoms with E-state index >= 15 is 0 Å². The molecule has 0 atom stereocenters. The number of azo groups is 1. The largest absolute Gasteiger partial charge is 0.273 e. The van der Waals surface area contributed by atoms with E-state index in [0.717, 1.165) is 17.3 Å². The topological polar surface area (TPSA) is 140 Å². The summed E-state index contributed by atoms with van der Waals surface area (Å²) in [5.74, 6) is 1.15. The van der Waals surface area contributed by atoms with Crippen LogP contribution in [0.4, 0.5) is 16.5 Å². The van der Waals surface area contributed by atoms with Crippen LogP contribution in [-0.2, 0) is 0 Å². The van der Waals surface area contributed by atoms with E-state index in [1.807, 2.05) is 25.1 Å². The monoisotopic (exact) mass is 511 g/mol. The molecule has 170 valence electrons. The molecule has 1 N–H and O–H groups in total. The summed E-state index contributed by atoms with van der Waals surface area (Å²) in [7, 11) is 0. The van der Waals surface area contributed by atoms with Gasteiger partial charge < -0.3 is 0 Å². The maximum atomic E-state index is 11.2. The summed E-state index contributed by atoms with van der Waals surface area (Å²) in [4.78, 5) is 19.6. The van der Waals surface area contributed by atoms with Gasteiger partial charge in [0.15, 0.2) is 11.5 Å². The lowest BCUT2D eigenvalue weighted by atomic mass is 10.1. The van der Waals surface area contributed by atoms with E-state index in [9.17, 15) is 10.1 Å². The lowest BCUT2D eigenvalue weighted by Gasteiger charge is -2.02. The second-order valence-electron chi connectivity index (χ2n) is 6.79. The van der Waals surface area contributed by atoms with Gasteiger partial charge in [-0.05, 0) is 11.8 Å². The zero-order valence-electron chi connectivity index (χ0n) is 17.4. The zero-order chi connectivity index (χ0) is 23.7. The van der Waals surface area contributed by atoms with Gasteiger partial charge in [0, 0.05) is 34.8 Å². The number of nitrogens with one attached hydrogen (secondary N) is 1. The summed E-state index contributed by atoms with van der Waals surface area (Å²) < 4.78 is 5.70. The zero-order valence-corrected chi connectivity index (χ0v) is 19.8. The van der Waals surface area contributed by atoms with E-state index in [1.165, 1.54) is 28.5 Å². The van der Waals surface area contributed by atoms with E-state index in [1.54, 1.807) is 18.2 Å². The van der Waals surface area contributed by atoms with Gasteiger partial charge >= 0.3 is 0 Å². The molecule has 5 rings (SSSR count). The number of hydrogen-bond donors (Lipinski definition) is 1. The molecular weight excluding hydrogens is 498 g/mol. The standard InChI is InChI=1S/C20H14ClN9O2S2/c1-2-33-20-23-19(34-28-20)25-24-16-15(13-8-3-4-9-14(13)21)26-29-18(16)22-17(27-29)11-6-5-7-12(10-11)30(31)32/h3-10,26H,2H2,1H3. The molecule has 14 heteroatoms. The average molecular weight is 512 g/mol. The van der Waals surface area contributed by atoms with Gasteiger partial charge in [-0.1, -0.05) is 60.6 Å². The van der Waals surface area contributed by atoms with Crippen LogP contribution in [-0.4, -0.2) is 39.8 Å². The molecule has 0 unspecified atom stereocenters. The number of aromatic nitrogens is 6. The first-order valence-electron chi connectivity index (χ1n) is 9.90. The molecule has 5 aromatic rings. The van der Waals surface area contributed by atoms with Gasteiger partial charge in [-0.15, -0.1) is 15.3 Å². The summed E-state index contributed by atoms with van der Waals surface area (Å²) in [5.41, 5.74) is 2.50. The van der Waals surface area contributed by atoms with Gasteiger partial charge in [-0.2, -0.15) is 14.0 Å². The number of nitro groups is 1. The number of thioether (sulfide) groups is 1. The van der Waals surface area contributed by atoms with Crippen molar-refractivity contribution in [3.63, 3.8) is 0 Å². The molecular formula is C20H14ClN9O2S2. The second kappa shape index (κ2) is 9.29. The summed E-state index contributed by atoms with van der Waals surface area (Å²) in [5, 5.41) is 29.0. The van der Waals surface area contributed by atoms with Gasteiger partial charge in [0.1, 0.15) is 0 Å². The molecule has 3 aromatic heterocycles. The Hall–Kier alpha value is -3.68. The Morgan fingerprint density at radius 1 is 1.21 bits per heavy atom. The Labute approximate surface area is 205 Å². The minimum absolute atomic E-state index is 0.0512. The van der Waals surface area contributed by atoms with Crippen LogP contribution in [0, 0.1) is 10.1 Å². The minimum atomic E-state index is -0.465. The molecule has 0 aliphatic carbocycles. The minimum Gasteiger partial charge on any atom is -0.273 e. The van der Waals surface area contributed by atoms with Crippen molar-refractivity contribution < 1.29 is 4.92 Å². The third-order valence-corrected chi connectivity index (χ3v) is 6.41. The number of nitro benzene ring substituents is 1. The van der Waals surface area contributed by atoms with Crippen molar-refractivity contribution in [2.75, 3.05) is 5.75 Å². The van der Waals surface area contributed by atoms with Crippen molar-refractivity contribution in [2.24, 2.45) is 10.2 Å². The number of hydrogen-bond acceptors (Lipinski definition) is 10. The van der Waals surface area contributed by atoms with Crippen LogP contribution >= 0.6 is 34.9 Å². The highest BCUT2D eigenvalue weighted by Crippen LogP contribution is 2.38. The number of non-ortho nitro benzene ring substituents is 1. The maximum Gasteiger partial charge on any atom is 0.270 e. The van der Waals surface area contributed by atoms with Crippen molar-refractivity contribution in [3.8, 4) is 22.6 Å². The molecule has 0 saturated heterocycles. The normalized spacial score (nSPS) is 11.6. The fourth-order valence-electron chi connectivity index (χ4n) is 3.16. The third kappa shape index (κ3) is 4.27. The number of rotatable bonds is 7. The first kappa shape index (κ1) is 22.1. The Bertz CT molecular complexity index is 1540. The molecule has 0 aliphatic heterocycles. The fourth-order valence-corrected chi connectivity index (χ4v) is 4.59. The quantitative estimate of drug-likeness (QED) is 0.116. The van der Waals surface area contributed by atoms with Crippen LogP contribution in [0.5, 0.6) is 0 Å². The fraction of sp³-hybridized carbons (Fsp3) is 0.100. The van der Waals surface area contributed by atoms with Crippen LogP contribution in [0.2, 0.25) is 5.02 Å². The van der Waals surface area contributed by atoms with Crippen molar-refractivity contribution >= 4 is 57.0 Å². The predicted molar refractivity (Wildman–Crippen MR) is 130 cm³/mol. The van der Waals surface area contributed by atoms with E-state index in [0.29, 0.717) is 49.3 Å². The molecule has 0 fully saturated rings. The van der Waals surface area contributed by atoms with E-state index in [4.69, 9.17) is 11.6 Å². The Balaban J connectivity index is 1.62. The number of H-pyrrole nitrogens is 1. The molecule has 11 nitrogen and oxygen atoms in total. The molecule has 0 radical (unpaired) electrons. The molecule has 0 saturated carbocycles. The summed E-state index contributed by atoms with van der Waals surface area (Å²) in [6, 6.07) is 13.4. The molecule has 34 heavy (non-hydrogen) atoms. The van der Waals surface area contributed by atoms with E-state index in [-0.39, 0.29) is 5.69 Å². The Kier molecular flexibility index (Phi) is 6.04. The molecule has 0 spiro atoms. The highest BCUT2D eigenvalue weighted by Gasteiger charge is 2.21. The number of halogens is 1. The average Bonchev–Trinajstić information content (AvgIpc) is 3.53. The van der Waals surface area contributed by atoms with Crippen molar-refractivity contribution in [1.29, 1.82) is 0 Å². The summed E-state index contributed by atoms with van der Waals surface area (Å²) >= 11 is 9.08.